The second-order valence-corrected chi connectivity index (χ2v) is 5.30. The maximum Gasteiger partial charge on any atom is 0.335 e. The zero-order valence-corrected chi connectivity index (χ0v) is 12.0. The average molecular weight is 299 g/mol. The maximum atomic E-state index is 11.0. The van der Waals surface area contributed by atoms with Crippen LogP contribution in [0.4, 0.5) is 5.69 Å². The summed E-state index contributed by atoms with van der Waals surface area (Å²) in [6, 6.07) is 14.3. The van der Waals surface area contributed by atoms with Crippen LogP contribution in [0.25, 0.3) is 0 Å². The molecule has 1 fully saturated rings. The fourth-order valence-electron chi connectivity index (χ4n) is 2.43. The van der Waals surface area contributed by atoms with Gasteiger partial charge in [-0.15, -0.1) is 0 Å². The molecular formula is C17H17NO4. The number of anilines is 1. The topological polar surface area (TPSA) is 70.0 Å². The van der Waals surface area contributed by atoms with Gasteiger partial charge in [0.05, 0.1) is 25.3 Å². The first kappa shape index (κ1) is 14.4. The van der Waals surface area contributed by atoms with Crippen molar-refractivity contribution >= 4 is 11.7 Å². The molecule has 3 rings (SSSR count). The zero-order chi connectivity index (χ0) is 15.5. The molecule has 0 unspecified atom stereocenters. The molecule has 5 nitrogen and oxygen atoms in total. The van der Waals surface area contributed by atoms with E-state index >= 15 is 0 Å². The number of hydrogen-bond acceptors (Lipinski definition) is 4. The average Bonchev–Trinajstić information content (AvgIpc) is 2.51. The lowest BCUT2D eigenvalue weighted by atomic mass is 10.1. The van der Waals surface area contributed by atoms with Crippen LogP contribution in [0.15, 0.2) is 48.5 Å². The Labute approximate surface area is 128 Å². The largest absolute Gasteiger partial charge is 0.487 e. The summed E-state index contributed by atoms with van der Waals surface area (Å²) in [6.45, 7) is 1.48. The lowest BCUT2D eigenvalue weighted by Gasteiger charge is -2.40. The highest BCUT2D eigenvalue weighted by atomic mass is 16.5. The molecule has 1 aliphatic heterocycles. The van der Waals surface area contributed by atoms with Crippen molar-refractivity contribution in [2.75, 3.05) is 18.0 Å². The molecule has 1 aliphatic rings. The minimum atomic E-state index is -0.917. The summed E-state index contributed by atoms with van der Waals surface area (Å²) >= 11 is 0. The van der Waals surface area contributed by atoms with Crippen molar-refractivity contribution in [2.24, 2.45) is 0 Å². The molecule has 0 radical (unpaired) electrons. The number of aliphatic hydroxyl groups is 1. The Kier molecular flexibility index (Phi) is 3.98. The first-order chi connectivity index (χ1) is 10.7. The molecule has 2 aromatic carbocycles. The van der Waals surface area contributed by atoms with E-state index in [1.807, 2.05) is 30.3 Å². The Morgan fingerprint density at radius 2 is 1.91 bits per heavy atom. The van der Waals surface area contributed by atoms with E-state index in [0.29, 0.717) is 5.56 Å². The first-order valence-electron chi connectivity index (χ1n) is 7.10. The number of carbonyl (C=O) groups is 1. The van der Waals surface area contributed by atoms with Gasteiger partial charge < -0.3 is 19.8 Å². The van der Waals surface area contributed by atoms with Gasteiger partial charge in [-0.2, -0.15) is 0 Å². The lowest BCUT2D eigenvalue weighted by Crippen LogP contribution is -2.54. The van der Waals surface area contributed by atoms with E-state index < -0.39 is 5.97 Å². The fourth-order valence-corrected chi connectivity index (χ4v) is 2.43. The number of carboxylic acids is 1. The normalized spacial score (nSPS) is 14.5. The van der Waals surface area contributed by atoms with Gasteiger partial charge in [-0.1, -0.05) is 18.2 Å². The number of benzene rings is 2. The van der Waals surface area contributed by atoms with Crippen LogP contribution < -0.4 is 9.64 Å². The van der Waals surface area contributed by atoms with E-state index in [0.717, 1.165) is 30.1 Å². The molecule has 114 valence electrons. The van der Waals surface area contributed by atoms with Gasteiger partial charge in [0.2, 0.25) is 0 Å². The van der Waals surface area contributed by atoms with Crippen molar-refractivity contribution in [1.82, 2.24) is 0 Å². The van der Waals surface area contributed by atoms with Crippen LogP contribution >= 0.6 is 0 Å². The Hall–Kier alpha value is -2.53. The number of nitrogens with zero attached hydrogens (tertiary/aromatic N) is 1. The minimum absolute atomic E-state index is 0.0252. The molecule has 0 aromatic heterocycles. The van der Waals surface area contributed by atoms with E-state index in [9.17, 15) is 4.79 Å². The van der Waals surface area contributed by atoms with Crippen molar-refractivity contribution in [2.45, 2.75) is 12.7 Å². The predicted molar refractivity (Wildman–Crippen MR) is 82.4 cm³/mol. The van der Waals surface area contributed by atoms with Crippen molar-refractivity contribution < 1.29 is 19.7 Å². The standard InChI is InChI=1S/C17H17NO4/c19-11-12-4-6-15(7-5-12)22-16-9-18(10-16)14-3-1-2-13(8-14)17(20)21/h1-8,16,19H,9-11H2,(H,20,21). The summed E-state index contributed by atoms with van der Waals surface area (Å²) in [7, 11) is 0. The summed E-state index contributed by atoms with van der Waals surface area (Å²) < 4.78 is 5.84. The second-order valence-electron chi connectivity index (χ2n) is 5.30. The zero-order valence-electron chi connectivity index (χ0n) is 12.0. The molecule has 0 spiro atoms. The quantitative estimate of drug-likeness (QED) is 0.885. The van der Waals surface area contributed by atoms with Crippen molar-refractivity contribution in [3.8, 4) is 5.75 Å². The molecular weight excluding hydrogens is 282 g/mol. The summed E-state index contributed by atoms with van der Waals surface area (Å²) in [4.78, 5) is 13.1. The Morgan fingerprint density at radius 1 is 1.18 bits per heavy atom. The molecule has 2 N–H and O–H groups in total. The molecule has 5 heteroatoms. The third-order valence-electron chi connectivity index (χ3n) is 3.71. The van der Waals surface area contributed by atoms with E-state index in [2.05, 4.69) is 4.90 Å². The van der Waals surface area contributed by atoms with E-state index in [1.165, 1.54) is 0 Å². The van der Waals surface area contributed by atoms with E-state index in [1.54, 1.807) is 18.2 Å². The Bertz CT molecular complexity index is 663. The SMILES string of the molecule is O=C(O)c1cccc(N2CC(Oc3ccc(CO)cc3)C2)c1. The molecule has 0 saturated carbocycles. The van der Waals surface area contributed by atoms with Crippen LogP contribution in [0.2, 0.25) is 0 Å². The van der Waals surface area contributed by atoms with Crippen LogP contribution in [0.5, 0.6) is 5.75 Å². The fraction of sp³-hybridized carbons (Fsp3) is 0.235. The number of aliphatic hydroxyl groups excluding tert-OH is 1. The second kappa shape index (κ2) is 6.07. The number of carboxylic acid groups (broad SMARTS) is 1. The van der Waals surface area contributed by atoms with Gasteiger partial charge in [-0.25, -0.2) is 4.79 Å². The molecule has 2 aromatic rings. The molecule has 1 heterocycles. The van der Waals surface area contributed by atoms with Crippen LogP contribution in [0.1, 0.15) is 15.9 Å². The van der Waals surface area contributed by atoms with Gasteiger partial charge in [0.15, 0.2) is 0 Å². The van der Waals surface area contributed by atoms with Crippen LogP contribution in [0.3, 0.4) is 0 Å². The number of hydrogen-bond donors (Lipinski definition) is 2. The molecule has 0 aliphatic carbocycles. The molecule has 22 heavy (non-hydrogen) atoms. The van der Waals surface area contributed by atoms with Gasteiger partial charge in [0.1, 0.15) is 11.9 Å². The summed E-state index contributed by atoms with van der Waals surface area (Å²) in [5, 5.41) is 18.0. The highest BCUT2D eigenvalue weighted by molar-refractivity contribution is 5.88. The summed E-state index contributed by atoms with van der Waals surface area (Å²) in [5.74, 6) is -0.139. The molecule has 0 amide bonds. The smallest absolute Gasteiger partial charge is 0.335 e. The lowest BCUT2D eigenvalue weighted by molar-refractivity contribution is 0.0697. The van der Waals surface area contributed by atoms with Gasteiger partial charge in [0.25, 0.3) is 0 Å². The molecule has 0 bridgehead atoms. The molecule has 1 saturated heterocycles. The van der Waals surface area contributed by atoms with Gasteiger partial charge in [0, 0.05) is 5.69 Å². The number of ether oxygens (including phenoxy) is 1. The number of aromatic carboxylic acids is 1. The third kappa shape index (κ3) is 3.04. The predicted octanol–water partition coefficient (Wildman–Crippen LogP) is 2.14. The van der Waals surface area contributed by atoms with Gasteiger partial charge in [-0.05, 0) is 35.9 Å². The minimum Gasteiger partial charge on any atom is -0.487 e. The molecule has 0 atom stereocenters. The Morgan fingerprint density at radius 3 is 2.55 bits per heavy atom. The van der Waals surface area contributed by atoms with Gasteiger partial charge in [-0.3, -0.25) is 0 Å². The van der Waals surface area contributed by atoms with Crippen LogP contribution in [-0.2, 0) is 6.61 Å². The van der Waals surface area contributed by atoms with Crippen LogP contribution in [0, 0.1) is 0 Å². The Balaban J connectivity index is 1.57. The van der Waals surface area contributed by atoms with Crippen molar-refractivity contribution in [1.29, 1.82) is 0 Å². The number of rotatable bonds is 5. The van der Waals surface area contributed by atoms with Crippen molar-refractivity contribution in [3.63, 3.8) is 0 Å². The highest BCUT2D eigenvalue weighted by Gasteiger charge is 2.29. The first-order valence-corrected chi connectivity index (χ1v) is 7.10. The highest BCUT2D eigenvalue weighted by Crippen LogP contribution is 2.25. The van der Waals surface area contributed by atoms with E-state index in [4.69, 9.17) is 14.9 Å². The third-order valence-corrected chi connectivity index (χ3v) is 3.71. The van der Waals surface area contributed by atoms with Crippen LogP contribution in [-0.4, -0.2) is 35.4 Å². The summed E-state index contributed by atoms with van der Waals surface area (Å²) in [6.07, 6.45) is 0.0912. The van der Waals surface area contributed by atoms with Gasteiger partial charge >= 0.3 is 5.97 Å². The maximum absolute atomic E-state index is 11.0. The monoisotopic (exact) mass is 299 g/mol. The van der Waals surface area contributed by atoms with E-state index in [-0.39, 0.29) is 12.7 Å². The summed E-state index contributed by atoms with van der Waals surface area (Å²) in [5.41, 5.74) is 2.05. The van der Waals surface area contributed by atoms with Crippen molar-refractivity contribution in [3.05, 3.63) is 59.7 Å².